The Hall–Kier alpha value is -2.63. The third-order valence-electron chi connectivity index (χ3n) is 2.99. The van der Waals surface area contributed by atoms with Crippen molar-refractivity contribution in [3.05, 3.63) is 58.4 Å². The van der Waals surface area contributed by atoms with Crippen LogP contribution in [0.2, 0.25) is 0 Å². The molecule has 0 radical (unpaired) electrons. The van der Waals surface area contributed by atoms with Crippen LogP contribution in [0.4, 0.5) is 17.1 Å². The van der Waals surface area contributed by atoms with Crippen LogP contribution < -0.4 is 10.6 Å². The van der Waals surface area contributed by atoms with E-state index in [1.54, 1.807) is 31.4 Å². The molecule has 1 atom stereocenters. The predicted octanol–water partition coefficient (Wildman–Crippen LogP) is 3.20. The molecule has 1 unspecified atom stereocenters. The fourth-order valence-corrected chi connectivity index (χ4v) is 2.00. The van der Waals surface area contributed by atoms with Crippen molar-refractivity contribution >= 4 is 17.1 Å². The first-order chi connectivity index (χ1) is 9.63. The second kappa shape index (κ2) is 6.01. The Bertz CT molecular complexity index is 601. The average Bonchev–Trinajstić information content (AvgIpc) is 2.47. The summed E-state index contributed by atoms with van der Waals surface area (Å²) in [5.74, 6) is 0. The minimum absolute atomic E-state index is 0.0396. The zero-order valence-electron chi connectivity index (χ0n) is 11.3. The first-order valence-corrected chi connectivity index (χ1v) is 6.26. The van der Waals surface area contributed by atoms with E-state index in [0.29, 0.717) is 11.4 Å². The third kappa shape index (κ3) is 2.85. The first-order valence-electron chi connectivity index (χ1n) is 6.26. The Morgan fingerprint density at radius 3 is 2.55 bits per heavy atom. The molecular weight excluding hydrogens is 256 g/mol. The summed E-state index contributed by atoms with van der Waals surface area (Å²) in [5, 5.41) is 17.2. The van der Waals surface area contributed by atoms with E-state index >= 15 is 0 Å². The van der Waals surface area contributed by atoms with Crippen molar-refractivity contribution in [3.8, 4) is 0 Å². The average molecular weight is 272 g/mol. The number of hydrogen-bond acceptors (Lipinski definition) is 5. The number of anilines is 2. The van der Waals surface area contributed by atoms with E-state index in [-0.39, 0.29) is 16.7 Å². The summed E-state index contributed by atoms with van der Waals surface area (Å²) in [6.45, 7) is 1.91. The molecule has 1 heterocycles. The maximum Gasteiger partial charge on any atom is 0.315 e. The molecule has 0 fully saturated rings. The van der Waals surface area contributed by atoms with Crippen LogP contribution in [0.5, 0.6) is 0 Å². The number of benzene rings is 1. The molecule has 0 saturated carbocycles. The molecule has 6 heteroatoms. The van der Waals surface area contributed by atoms with Crippen LogP contribution in [0.1, 0.15) is 18.7 Å². The molecular formula is C14H16N4O2. The summed E-state index contributed by atoms with van der Waals surface area (Å²) in [4.78, 5) is 15.1. The summed E-state index contributed by atoms with van der Waals surface area (Å²) in [6, 6.07) is 10.6. The molecule has 2 rings (SSSR count). The number of nitro groups is 1. The lowest BCUT2D eigenvalue weighted by Crippen LogP contribution is -2.10. The lowest BCUT2D eigenvalue weighted by molar-refractivity contribution is -0.383. The number of hydrogen-bond donors (Lipinski definition) is 2. The number of aromatic nitrogens is 1. The third-order valence-corrected chi connectivity index (χ3v) is 2.99. The van der Waals surface area contributed by atoms with Crippen molar-refractivity contribution in [2.75, 3.05) is 17.7 Å². The Morgan fingerprint density at radius 1 is 1.20 bits per heavy atom. The van der Waals surface area contributed by atoms with E-state index < -0.39 is 0 Å². The molecule has 0 aliphatic carbocycles. The van der Waals surface area contributed by atoms with E-state index in [9.17, 15) is 10.1 Å². The van der Waals surface area contributed by atoms with Crippen LogP contribution in [-0.4, -0.2) is 17.0 Å². The highest BCUT2D eigenvalue weighted by Crippen LogP contribution is 2.34. The van der Waals surface area contributed by atoms with Gasteiger partial charge in [0.15, 0.2) is 0 Å². The number of para-hydroxylation sites is 1. The number of nitrogens with zero attached hydrogens (tertiary/aromatic N) is 2. The maximum absolute atomic E-state index is 11.2. The molecule has 0 aliphatic heterocycles. The minimum Gasteiger partial charge on any atom is -0.382 e. The lowest BCUT2D eigenvalue weighted by atomic mass is 10.1. The van der Waals surface area contributed by atoms with Crippen molar-refractivity contribution < 1.29 is 4.92 Å². The van der Waals surface area contributed by atoms with E-state index in [4.69, 9.17) is 0 Å². The van der Waals surface area contributed by atoms with Crippen LogP contribution in [0.3, 0.4) is 0 Å². The van der Waals surface area contributed by atoms with Crippen LogP contribution in [-0.2, 0) is 0 Å². The normalized spacial score (nSPS) is 11.7. The second-order valence-electron chi connectivity index (χ2n) is 4.33. The van der Waals surface area contributed by atoms with E-state index in [1.165, 1.54) is 0 Å². The number of nitrogens with one attached hydrogen (secondary N) is 2. The SMILES string of the molecule is CNc1cccc(NC(C)c2ccccn2)c1[N+](=O)[O-]. The summed E-state index contributed by atoms with van der Waals surface area (Å²) >= 11 is 0. The lowest BCUT2D eigenvalue weighted by Gasteiger charge is -2.15. The van der Waals surface area contributed by atoms with Gasteiger partial charge in [-0.1, -0.05) is 12.1 Å². The monoisotopic (exact) mass is 272 g/mol. The fourth-order valence-electron chi connectivity index (χ4n) is 2.00. The predicted molar refractivity (Wildman–Crippen MR) is 78.9 cm³/mol. The van der Waals surface area contributed by atoms with E-state index in [2.05, 4.69) is 15.6 Å². The van der Waals surface area contributed by atoms with Crippen LogP contribution >= 0.6 is 0 Å². The Morgan fingerprint density at radius 2 is 1.95 bits per heavy atom. The summed E-state index contributed by atoms with van der Waals surface area (Å²) in [5.41, 5.74) is 1.82. The van der Waals surface area contributed by atoms with Gasteiger partial charge in [0.05, 0.1) is 16.7 Å². The fraction of sp³-hybridized carbons (Fsp3) is 0.214. The van der Waals surface area contributed by atoms with Crippen molar-refractivity contribution in [3.63, 3.8) is 0 Å². The molecule has 0 saturated heterocycles. The highest BCUT2D eigenvalue weighted by molar-refractivity contribution is 5.76. The molecule has 104 valence electrons. The summed E-state index contributed by atoms with van der Waals surface area (Å²) in [7, 11) is 1.66. The highest BCUT2D eigenvalue weighted by Gasteiger charge is 2.20. The van der Waals surface area contributed by atoms with Gasteiger partial charge in [-0.3, -0.25) is 15.1 Å². The molecule has 20 heavy (non-hydrogen) atoms. The molecule has 0 spiro atoms. The molecule has 2 aromatic rings. The standard InChI is InChI=1S/C14H16N4O2/c1-10(11-6-3-4-9-16-11)17-13-8-5-7-12(15-2)14(13)18(19)20/h3-10,15,17H,1-2H3. The number of pyridine rings is 1. The molecule has 1 aromatic carbocycles. The molecule has 2 N–H and O–H groups in total. The van der Waals surface area contributed by atoms with Gasteiger partial charge in [-0.2, -0.15) is 0 Å². The Labute approximate surface area is 117 Å². The van der Waals surface area contributed by atoms with Gasteiger partial charge in [-0.25, -0.2) is 0 Å². The topological polar surface area (TPSA) is 80.1 Å². The number of nitro benzene ring substituents is 1. The van der Waals surface area contributed by atoms with Gasteiger partial charge in [-0.05, 0) is 31.2 Å². The van der Waals surface area contributed by atoms with Crippen LogP contribution in [0, 0.1) is 10.1 Å². The second-order valence-corrected chi connectivity index (χ2v) is 4.33. The zero-order chi connectivity index (χ0) is 14.5. The van der Waals surface area contributed by atoms with E-state index in [0.717, 1.165) is 5.69 Å². The highest BCUT2D eigenvalue weighted by atomic mass is 16.6. The van der Waals surface area contributed by atoms with Crippen LogP contribution in [0.15, 0.2) is 42.6 Å². The Kier molecular flexibility index (Phi) is 4.14. The van der Waals surface area contributed by atoms with Crippen molar-refractivity contribution in [2.24, 2.45) is 0 Å². The maximum atomic E-state index is 11.2. The summed E-state index contributed by atoms with van der Waals surface area (Å²) in [6.07, 6.45) is 1.70. The smallest absolute Gasteiger partial charge is 0.315 e. The van der Waals surface area contributed by atoms with Crippen molar-refractivity contribution in [1.29, 1.82) is 0 Å². The largest absolute Gasteiger partial charge is 0.382 e. The Balaban J connectivity index is 2.32. The minimum atomic E-state index is -0.390. The van der Waals surface area contributed by atoms with Crippen molar-refractivity contribution in [2.45, 2.75) is 13.0 Å². The molecule has 0 bridgehead atoms. The zero-order valence-corrected chi connectivity index (χ0v) is 11.3. The van der Waals surface area contributed by atoms with Crippen LogP contribution in [0.25, 0.3) is 0 Å². The molecule has 0 amide bonds. The van der Waals surface area contributed by atoms with E-state index in [1.807, 2.05) is 25.1 Å². The number of rotatable bonds is 5. The van der Waals surface area contributed by atoms with Gasteiger partial charge in [0.2, 0.25) is 0 Å². The summed E-state index contributed by atoms with van der Waals surface area (Å²) < 4.78 is 0. The van der Waals surface area contributed by atoms with Gasteiger partial charge >= 0.3 is 5.69 Å². The van der Waals surface area contributed by atoms with Crippen molar-refractivity contribution in [1.82, 2.24) is 4.98 Å². The quantitative estimate of drug-likeness (QED) is 0.645. The van der Waals surface area contributed by atoms with Gasteiger partial charge in [0.25, 0.3) is 0 Å². The van der Waals surface area contributed by atoms with Gasteiger partial charge in [-0.15, -0.1) is 0 Å². The molecule has 1 aromatic heterocycles. The molecule has 6 nitrogen and oxygen atoms in total. The van der Waals surface area contributed by atoms with Gasteiger partial charge < -0.3 is 10.6 Å². The van der Waals surface area contributed by atoms with Gasteiger partial charge in [0, 0.05) is 13.2 Å². The van der Waals surface area contributed by atoms with Gasteiger partial charge in [0.1, 0.15) is 11.4 Å². The molecule has 0 aliphatic rings. The first kappa shape index (κ1) is 13.8.